The SMILES string of the molecule is CCC(C)CC(N)c1ccc(C)cc1C. The summed E-state index contributed by atoms with van der Waals surface area (Å²) in [7, 11) is 0. The van der Waals surface area contributed by atoms with Gasteiger partial charge in [0.25, 0.3) is 0 Å². The molecule has 0 aliphatic carbocycles. The minimum absolute atomic E-state index is 0.195. The van der Waals surface area contributed by atoms with Crippen molar-refractivity contribution < 1.29 is 0 Å². The van der Waals surface area contributed by atoms with Crippen molar-refractivity contribution in [2.45, 2.75) is 46.6 Å². The van der Waals surface area contributed by atoms with Gasteiger partial charge in [0.15, 0.2) is 0 Å². The Labute approximate surface area is 93.7 Å². The fourth-order valence-corrected chi connectivity index (χ4v) is 1.97. The summed E-state index contributed by atoms with van der Waals surface area (Å²) >= 11 is 0. The van der Waals surface area contributed by atoms with E-state index in [2.05, 4.69) is 45.9 Å². The third kappa shape index (κ3) is 3.35. The standard InChI is InChI=1S/C14H23N/c1-5-10(2)9-14(15)13-7-6-11(3)8-12(13)4/h6-8,10,14H,5,9,15H2,1-4H3. The first-order valence-corrected chi connectivity index (χ1v) is 5.87. The van der Waals surface area contributed by atoms with Crippen molar-refractivity contribution in [3.8, 4) is 0 Å². The smallest absolute Gasteiger partial charge is 0.0300 e. The Morgan fingerprint density at radius 3 is 2.47 bits per heavy atom. The van der Waals surface area contributed by atoms with Gasteiger partial charge >= 0.3 is 0 Å². The maximum atomic E-state index is 6.22. The molecule has 0 heterocycles. The first kappa shape index (κ1) is 12.3. The number of benzene rings is 1. The number of rotatable bonds is 4. The van der Waals surface area contributed by atoms with E-state index in [0.29, 0.717) is 5.92 Å². The molecule has 0 saturated carbocycles. The Hall–Kier alpha value is -0.820. The van der Waals surface area contributed by atoms with Gasteiger partial charge in [0, 0.05) is 6.04 Å². The monoisotopic (exact) mass is 205 g/mol. The van der Waals surface area contributed by atoms with Gasteiger partial charge in [-0.15, -0.1) is 0 Å². The molecule has 0 fully saturated rings. The maximum Gasteiger partial charge on any atom is 0.0300 e. The molecule has 15 heavy (non-hydrogen) atoms. The summed E-state index contributed by atoms with van der Waals surface area (Å²) in [6.07, 6.45) is 2.29. The Morgan fingerprint density at radius 2 is 1.93 bits per heavy atom. The summed E-state index contributed by atoms with van der Waals surface area (Å²) in [5.41, 5.74) is 10.2. The van der Waals surface area contributed by atoms with Gasteiger partial charge in [-0.2, -0.15) is 0 Å². The summed E-state index contributed by atoms with van der Waals surface area (Å²) in [5.74, 6) is 0.709. The molecule has 0 radical (unpaired) electrons. The highest BCUT2D eigenvalue weighted by atomic mass is 14.6. The molecule has 2 atom stereocenters. The molecule has 0 aliphatic heterocycles. The summed E-state index contributed by atoms with van der Waals surface area (Å²) in [6, 6.07) is 6.74. The van der Waals surface area contributed by atoms with E-state index in [1.54, 1.807) is 0 Å². The fraction of sp³-hybridized carbons (Fsp3) is 0.571. The maximum absolute atomic E-state index is 6.22. The largest absolute Gasteiger partial charge is 0.324 e. The highest BCUT2D eigenvalue weighted by Crippen LogP contribution is 2.23. The van der Waals surface area contributed by atoms with E-state index in [1.165, 1.54) is 23.1 Å². The topological polar surface area (TPSA) is 26.0 Å². The highest BCUT2D eigenvalue weighted by molar-refractivity contribution is 5.32. The van der Waals surface area contributed by atoms with Gasteiger partial charge in [-0.3, -0.25) is 0 Å². The van der Waals surface area contributed by atoms with Crippen LogP contribution in [0.5, 0.6) is 0 Å². The molecule has 1 aromatic rings. The molecule has 2 N–H and O–H groups in total. The average molecular weight is 205 g/mol. The third-order valence-electron chi connectivity index (χ3n) is 3.18. The van der Waals surface area contributed by atoms with Gasteiger partial charge in [0.05, 0.1) is 0 Å². The zero-order valence-corrected chi connectivity index (χ0v) is 10.4. The molecule has 0 aromatic heterocycles. The van der Waals surface area contributed by atoms with E-state index >= 15 is 0 Å². The lowest BCUT2D eigenvalue weighted by molar-refractivity contribution is 0.460. The van der Waals surface area contributed by atoms with Crippen LogP contribution in [0.15, 0.2) is 18.2 Å². The Bertz CT molecular complexity index is 317. The van der Waals surface area contributed by atoms with Crippen LogP contribution in [0.25, 0.3) is 0 Å². The number of aryl methyl sites for hydroxylation is 2. The predicted molar refractivity (Wildman–Crippen MR) is 66.9 cm³/mol. The molecule has 2 unspecified atom stereocenters. The van der Waals surface area contributed by atoms with Gasteiger partial charge < -0.3 is 5.73 Å². The predicted octanol–water partition coefficient (Wildman–Crippen LogP) is 3.74. The van der Waals surface area contributed by atoms with Crippen molar-refractivity contribution in [3.63, 3.8) is 0 Å². The second kappa shape index (κ2) is 5.32. The first-order valence-electron chi connectivity index (χ1n) is 5.87. The quantitative estimate of drug-likeness (QED) is 0.796. The van der Waals surface area contributed by atoms with Crippen LogP contribution in [0.3, 0.4) is 0 Å². The molecular weight excluding hydrogens is 182 g/mol. The van der Waals surface area contributed by atoms with Crippen LogP contribution in [-0.4, -0.2) is 0 Å². The molecule has 0 spiro atoms. The summed E-state index contributed by atoms with van der Waals surface area (Å²) in [5, 5.41) is 0. The Balaban J connectivity index is 2.77. The number of hydrogen-bond donors (Lipinski definition) is 1. The van der Waals surface area contributed by atoms with Crippen molar-refractivity contribution in [2.75, 3.05) is 0 Å². The van der Waals surface area contributed by atoms with Crippen LogP contribution in [0, 0.1) is 19.8 Å². The van der Waals surface area contributed by atoms with Crippen molar-refractivity contribution in [2.24, 2.45) is 11.7 Å². The van der Waals surface area contributed by atoms with Crippen LogP contribution < -0.4 is 5.73 Å². The number of nitrogens with two attached hydrogens (primary N) is 1. The van der Waals surface area contributed by atoms with Crippen LogP contribution in [-0.2, 0) is 0 Å². The third-order valence-corrected chi connectivity index (χ3v) is 3.18. The lowest BCUT2D eigenvalue weighted by Crippen LogP contribution is -2.15. The minimum atomic E-state index is 0.195. The normalized spacial score (nSPS) is 15.0. The molecule has 0 saturated heterocycles. The molecule has 84 valence electrons. The van der Waals surface area contributed by atoms with Crippen molar-refractivity contribution in [3.05, 3.63) is 34.9 Å². The van der Waals surface area contributed by atoms with Crippen molar-refractivity contribution in [1.82, 2.24) is 0 Å². The second-order valence-corrected chi connectivity index (χ2v) is 4.72. The Kier molecular flexibility index (Phi) is 4.34. The van der Waals surface area contributed by atoms with Crippen LogP contribution in [0.4, 0.5) is 0 Å². The first-order chi connectivity index (χ1) is 7.04. The molecular formula is C14H23N. The highest BCUT2D eigenvalue weighted by Gasteiger charge is 2.11. The molecule has 1 heteroatoms. The van der Waals surface area contributed by atoms with Crippen LogP contribution in [0.1, 0.15) is 49.4 Å². The number of hydrogen-bond acceptors (Lipinski definition) is 1. The van der Waals surface area contributed by atoms with Gasteiger partial charge in [0.2, 0.25) is 0 Å². The van der Waals surface area contributed by atoms with E-state index in [1.807, 2.05) is 0 Å². The molecule has 1 aromatic carbocycles. The van der Waals surface area contributed by atoms with Crippen molar-refractivity contribution >= 4 is 0 Å². The van der Waals surface area contributed by atoms with Gasteiger partial charge in [-0.25, -0.2) is 0 Å². The van der Waals surface area contributed by atoms with Crippen LogP contribution >= 0.6 is 0 Å². The zero-order valence-electron chi connectivity index (χ0n) is 10.4. The summed E-state index contributed by atoms with van der Waals surface area (Å²) in [4.78, 5) is 0. The molecule has 0 amide bonds. The molecule has 1 rings (SSSR count). The summed E-state index contributed by atoms with van der Waals surface area (Å²) in [6.45, 7) is 8.76. The minimum Gasteiger partial charge on any atom is -0.324 e. The van der Waals surface area contributed by atoms with E-state index in [9.17, 15) is 0 Å². The van der Waals surface area contributed by atoms with E-state index in [4.69, 9.17) is 5.73 Å². The molecule has 1 nitrogen and oxygen atoms in total. The lowest BCUT2D eigenvalue weighted by Gasteiger charge is -2.18. The van der Waals surface area contributed by atoms with E-state index < -0.39 is 0 Å². The molecule has 0 bridgehead atoms. The van der Waals surface area contributed by atoms with Crippen LogP contribution in [0.2, 0.25) is 0 Å². The van der Waals surface area contributed by atoms with Gasteiger partial charge in [-0.05, 0) is 37.3 Å². The van der Waals surface area contributed by atoms with Gasteiger partial charge in [0.1, 0.15) is 0 Å². The average Bonchev–Trinajstić information content (AvgIpc) is 2.17. The zero-order chi connectivity index (χ0) is 11.4. The fourth-order valence-electron chi connectivity index (χ4n) is 1.97. The van der Waals surface area contributed by atoms with E-state index in [0.717, 1.165) is 6.42 Å². The summed E-state index contributed by atoms with van der Waals surface area (Å²) < 4.78 is 0. The molecule has 0 aliphatic rings. The lowest BCUT2D eigenvalue weighted by atomic mass is 9.92. The van der Waals surface area contributed by atoms with Gasteiger partial charge in [-0.1, -0.05) is 44.0 Å². The Morgan fingerprint density at radius 1 is 1.27 bits per heavy atom. The van der Waals surface area contributed by atoms with Crippen molar-refractivity contribution in [1.29, 1.82) is 0 Å². The van der Waals surface area contributed by atoms with E-state index in [-0.39, 0.29) is 6.04 Å². The second-order valence-electron chi connectivity index (χ2n) is 4.72.